The SMILES string of the molecule is CCOC(=O)C1=C(N)Oc2cc(C)n(C)c(=O)c2C1c1cccnc1. The van der Waals surface area contributed by atoms with Crippen LogP contribution in [0, 0.1) is 6.92 Å². The van der Waals surface area contributed by atoms with Crippen LogP contribution >= 0.6 is 0 Å². The molecule has 0 aromatic carbocycles. The Morgan fingerprint density at radius 3 is 2.88 bits per heavy atom. The molecule has 2 N–H and O–H groups in total. The third-order valence-corrected chi connectivity index (χ3v) is 4.25. The van der Waals surface area contributed by atoms with E-state index in [9.17, 15) is 9.59 Å². The molecule has 1 aliphatic heterocycles. The molecule has 2 aromatic heterocycles. The van der Waals surface area contributed by atoms with Crippen LogP contribution in [0.25, 0.3) is 0 Å². The fourth-order valence-corrected chi connectivity index (χ4v) is 2.93. The maximum atomic E-state index is 12.9. The lowest BCUT2D eigenvalue weighted by Gasteiger charge is -2.28. The number of nitrogens with two attached hydrogens (primary N) is 1. The molecule has 0 radical (unpaired) electrons. The highest BCUT2D eigenvalue weighted by molar-refractivity contribution is 5.92. The predicted molar refractivity (Wildman–Crippen MR) is 91.0 cm³/mol. The van der Waals surface area contributed by atoms with E-state index in [0.717, 1.165) is 5.69 Å². The van der Waals surface area contributed by atoms with Gasteiger partial charge in [0.2, 0.25) is 5.88 Å². The molecule has 0 fully saturated rings. The van der Waals surface area contributed by atoms with Crippen molar-refractivity contribution in [2.45, 2.75) is 19.8 Å². The number of nitrogens with zero attached hydrogens (tertiary/aromatic N) is 2. The number of aryl methyl sites for hydroxylation is 1. The number of carbonyl (C=O) groups is 1. The fourth-order valence-electron chi connectivity index (χ4n) is 2.93. The lowest BCUT2D eigenvalue weighted by molar-refractivity contribution is -0.139. The van der Waals surface area contributed by atoms with Crippen LogP contribution in [0.2, 0.25) is 0 Å². The third kappa shape index (κ3) is 2.77. The highest BCUT2D eigenvalue weighted by Crippen LogP contribution is 2.40. The van der Waals surface area contributed by atoms with E-state index in [1.54, 1.807) is 51.5 Å². The summed E-state index contributed by atoms with van der Waals surface area (Å²) >= 11 is 0. The first-order chi connectivity index (χ1) is 12.0. The molecule has 130 valence electrons. The molecule has 0 saturated heterocycles. The van der Waals surface area contributed by atoms with Crippen molar-refractivity contribution in [3.63, 3.8) is 0 Å². The summed E-state index contributed by atoms with van der Waals surface area (Å²) in [5.74, 6) is -1.02. The zero-order valence-electron chi connectivity index (χ0n) is 14.3. The van der Waals surface area contributed by atoms with Crippen molar-refractivity contribution in [2.24, 2.45) is 12.8 Å². The monoisotopic (exact) mass is 341 g/mol. The van der Waals surface area contributed by atoms with Gasteiger partial charge in [-0.3, -0.25) is 9.78 Å². The normalized spacial score (nSPS) is 16.2. The first-order valence-corrected chi connectivity index (χ1v) is 7.90. The molecule has 1 atom stereocenters. The third-order valence-electron chi connectivity index (χ3n) is 4.25. The van der Waals surface area contributed by atoms with Gasteiger partial charge in [0.1, 0.15) is 11.3 Å². The van der Waals surface area contributed by atoms with E-state index in [0.29, 0.717) is 16.9 Å². The van der Waals surface area contributed by atoms with Crippen LogP contribution in [0.3, 0.4) is 0 Å². The zero-order valence-corrected chi connectivity index (χ0v) is 14.3. The number of fused-ring (bicyclic) bond motifs is 1. The maximum Gasteiger partial charge on any atom is 0.340 e. The van der Waals surface area contributed by atoms with Gasteiger partial charge in [-0.1, -0.05) is 6.07 Å². The Hall–Kier alpha value is -3.09. The van der Waals surface area contributed by atoms with Gasteiger partial charge in [0.25, 0.3) is 5.56 Å². The Morgan fingerprint density at radius 1 is 1.48 bits per heavy atom. The van der Waals surface area contributed by atoms with Crippen molar-refractivity contribution >= 4 is 5.97 Å². The Morgan fingerprint density at radius 2 is 2.24 bits per heavy atom. The van der Waals surface area contributed by atoms with E-state index in [2.05, 4.69) is 4.98 Å². The molecule has 7 heteroatoms. The van der Waals surface area contributed by atoms with Crippen LogP contribution in [0.4, 0.5) is 0 Å². The molecule has 7 nitrogen and oxygen atoms in total. The molecule has 1 aliphatic rings. The number of hydrogen-bond acceptors (Lipinski definition) is 6. The molecule has 25 heavy (non-hydrogen) atoms. The number of aromatic nitrogens is 2. The average Bonchev–Trinajstić information content (AvgIpc) is 2.59. The molecular formula is C18H19N3O4. The highest BCUT2D eigenvalue weighted by atomic mass is 16.5. The number of carbonyl (C=O) groups excluding carboxylic acids is 1. The average molecular weight is 341 g/mol. The Balaban J connectivity index is 2.30. The number of rotatable bonds is 3. The number of pyridine rings is 2. The van der Waals surface area contributed by atoms with E-state index in [1.807, 2.05) is 0 Å². The summed E-state index contributed by atoms with van der Waals surface area (Å²) in [6.45, 7) is 3.69. The van der Waals surface area contributed by atoms with Crippen molar-refractivity contribution in [1.82, 2.24) is 9.55 Å². The lowest BCUT2D eigenvalue weighted by atomic mass is 9.84. The van der Waals surface area contributed by atoms with Crippen LogP contribution < -0.4 is 16.0 Å². The van der Waals surface area contributed by atoms with E-state index in [1.165, 1.54) is 4.57 Å². The topological polar surface area (TPSA) is 96.4 Å². The van der Waals surface area contributed by atoms with Crippen LogP contribution in [0.1, 0.15) is 29.7 Å². The Bertz CT molecular complexity index is 916. The van der Waals surface area contributed by atoms with E-state index >= 15 is 0 Å². The predicted octanol–water partition coefficient (Wildman–Crippen LogP) is 1.35. The van der Waals surface area contributed by atoms with Gasteiger partial charge in [-0.2, -0.15) is 0 Å². The highest BCUT2D eigenvalue weighted by Gasteiger charge is 2.38. The van der Waals surface area contributed by atoms with Crippen LogP contribution in [0.5, 0.6) is 5.75 Å². The van der Waals surface area contributed by atoms with E-state index in [4.69, 9.17) is 15.2 Å². The van der Waals surface area contributed by atoms with Crippen LogP contribution in [0.15, 0.2) is 46.8 Å². The van der Waals surface area contributed by atoms with Gasteiger partial charge in [0, 0.05) is 31.2 Å². The molecule has 0 bridgehead atoms. The molecular weight excluding hydrogens is 322 g/mol. The molecule has 0 aliphatic carbocycles. The summed E-state index contributed by atoms with van der Waals surface area (Å²) in [7, 11) is 1.67. The van der Waals surface area contributed by atoms with Gasteiger partial charge in [0.05, 0.1) is 18.1 Å². The molecule has 3 rings (SSSR count). The van der Waals surface area contributed by atoms with E-state index in [-0.39, 0.29) is 23.6 Å². The van der Waals surface area contributed by atoms with Gasteiger partial charge >= 0.3 is 5.97 Å². The quantitative estimate of drug-likeness (QED) is 0.847. The Kier molecular flexibility index (Phi) is 4.31. The molecule has 0 saturated carbocycles. The second-order valence-corrected chi connectivity index (χ2v) is 5.75. The summed E-state index contributed by atoms with van der Waals surface area (Å²) in [6, 6.07) is 5.26. The van der Waals surface area contributed by atoms with Crippen molar-refractivity contribution in [2.75, 3.05) is 6.61 Å². The fraction of sp³-hybridized carbons (Fsp3) is 0.278. The molecule has 0 spiro atoms. The minimum absolute atomic E-state index is 0.0625. The smallest absolute Gasteiger partial charge is 0.340 e. The summed E-state index contributed by atoms with van der Waals surface area (Å²) in [5.41, 5.74) is 7.62. The van der Waals surface area contributed by atoms with Gasteiger partial charge in [-0.25, -0.2) is 4.79 Å². The molecule has 1 unspecified atom stereocenters. The minimum Gasteiger partial charge on any atom is -0.462 e. The second kappa shape index (κ2) is 6.43. The Labute approximate surface area is 144 Å². The zero-order chi connectivity index (χ0) is 18.1. The number of ether oxygens (including phenoxy) is 2. The van der Waals surface area contributed by atoms with Crippen LogP contribution in [-0.4, -0.2) is 22.1 Å². The summed E-state index contributed by atoms with van der Waals surface area (Å²) in [5, 5.41) is 0. The largest absolute Gasteiger partial charge is 0.462 e. The first-order valence-electron chi connectivity index (χ1n) is 7.90. The second-order valence-electron chi connectivity index (χ2n) is 5.75. The van der Waals surface area contributed by atoms with Gasteiger partial charge in [0.15, 0.2) is 0 Å². The first kappa shape index (κ1) is 16.8. The lowest BCUT2D eigenvalue weighted by Crippen LogP contribution is -2.34. The van der Waals surface area contributed by atoms with Gasteiger partial charge < -0.3 is 19.8 Å². The van der Waals surface area contributed by atoms with Crippen molar-refractivity contribution in [3.8, 4) is 5.75 Å². The molecule has 2 aromatic rings. The van der Waals surface area contributed by atoms with Crippen molar-refractivity contribution in [3.05, 3.63) is 69.2 Å². The van der Waals surface area contributed by atoms with Crippen LogP contribution in [-0.2, 0) is 16.6 Å². The number of esters is 1. The maximum absolute atomic E-state index is 12.9. The minimum atomic E-state index is -0.698. The van der Waals surface area contributed by atoms with Gasteiger partial charge in [-0.15, -0.1) is 0 Å². The molecule has 3 heterocycles. The summed E-state index contributed by atoms with van der Waals surface area (Å²) < 4.78 is 12.2. The summed E-state index contributed by atoms with van der Waals surface area (Å²) in [6.07, 6.45) is 3.22. The standard InChI is InChI=1S/C18H19N3O4/c1-4-24-18(23)15-13(11-6-5-7-20-9-11)14-12(25-16(15)19)8-10(2)21(3)17(14)22/h5-9,13H,4,19H2,1-3H3. The molecule has 0 amide bonds. The van der Waals surface area contributed by atoms with Gasteiger partial charge in [-0.05, 0) is 25.5 Å². The van der Waals surface area contributed by atoms with E-state index < -0.39 is 11.9 Å². The van der Waals surface area contributed by atoms with Crippen molar-refractivity contribution < 1.29 is 14.3 Å². The number of hydrogen-bond donors (Lipinski definition) is 1. The summed E-state index contributed by atoms with van der Waals surface area (Å²) in [4.78, 5) is 29.5. The van der Waals surface area contributed by atoms with Crippen molar-refractivity contribution in [1.29, 1.82) is 0 Å².